The van der Waals surface area contributed by atoms with E-state index in [1.165, 1.54) is 10.6 Å². The second-order valence-electron chi connectivity index (χ2n) is 6.99. The second-order valence-corrected chi connectivity index (χ2v) is 8.31. The summed E-state index contributed by atoms with van der Waals surface area (Å²) < 4.78 is 2.20. The highest BCUT2D eigenvalue weighted by Crippen LogP contribution is 2.28. The molecule has 146 valence electrons. The maximum Gasteiger partial charge on any atom is 0.219 e. The van der Waals surface area contributed by atoms with Gasteiger partial charge in [0.25, 0.3) is 0 Å². The molecule has 1 aromatic carbocycles. The van der Waals surface area contributed by atoms with E-state index in [2.05, 4.69) is 33.9 Å². The van der Waals surface area contributed by atoms with Crippen LogP contribution < -0.4 is 0 Å². The number of hydrogen-bond donors (Lipinski definition) is 0. The summed E-state index contributed by atoms with van der Waals surface area (Å²) in [5.74, 6) is 0.154. The van der Waals surface area contributed by atoms with Gasteiger partial charge in [-0.2, -0.15) is 0 Å². The number of pyridine rings is 1. The van der Waals surface area contributed by atoms with Crippen molar-refractivity contribution in [2.45, 2.75) is 18.4 Å². The molecule has 1 aliphatic rings. The van der Waals surface area contributed by atoms with E-state index in [4.69, 9.17) is 16.6 Å². The van der Waals surface area contributed by atoms with E-state index < -0.39 is 0 Å². The third-order valence-electron chi connectivity index (χ3n) is 5.23. The summed E-state index contributed by atoms with van der Waals surface area (Å²) in [5, 5.41) is 0.721. The first kappa shape index (κ1) is 19.3. The summed E-state index contributed by atoms with van der Waals surface area (Å²) in [6, 6.07) is 12.0. The monoisotopic (exact) mass is 414 g/mol. The highest BCUT2D eigenvalue weighted by atomic mass is 35.5. The number of aromatic nitrogens is 2. The minimum absolute atomic E-state index is 0.154. The van der Waals surface area contributed by atoms with Gasteiger partial charge < -0.3 is 9.30 Å². The molecule has 0 bridgehead atoms. The third-order valence-corrected chi connectivity index (χ3v) is 6.20. The summed E-state index contributed by atoms with van der Waals surface area (Å²) in [4.78, 5) is 22.0. The van der Waals surface area contributed by atoms with Crippen LogP contribution in [-0.2, 0) is 11.3 Å². The van der Waals surface area contributed by atoms with E-state index >= 15 is 0 Å². The number of amides is 1. The summed E-state index contributed by atoms with van der Waals surface area (Å²) in [6.45, 7) is 5.73. The number of carbonyl (C=O) groups is 1. The number of imidazole rings is 1. The van der Waals surface area contributed by atoms with Crippen LogP contribution in [0.5, 0.6) is 0 Å². The van der Waals surface area contributed by atoms with Crippen molar-refractivity contribution in [2.75, 3.05) is 32.4 Å². The molecule has 1 amide bonds. The van der Waals surface area contributed by atoms with Crippen LogP contribution in [0.15, 0.2) is 47.5 Å². The average molecular weight is 415 g/mol. The number of hydrogen-bond acceptors (Lipinski definition) is 4. The number of nitrogens with zero attached hydrogens (tertiary/aromatic N) is 4. The minimum Gasteiger partial charge on any atom is -0.340 e. The van der Waals surface area contributed by atoms with E-state index in [0.717, 1.165) is 54.7 Å². The molecule has 3 heterocycles. The molecular weight excluding hydrogens is 392 g/mol. The Kier molecular flexibility index (Phi) is 5.62. The molecule has 0 atom stereocenters. The van der Waals surface area contributed by atoms with Crippen molar-refractivity contribution >= 4 is 34.9 Å². The third kappa shape index (κ3) is 3.90. The fourth-order valence-electron chi connectivity index (χ4n) is 3.62. The molecule has 2 aromatic heterocycles. The molecule has 1 saturated heterocycles. The summed E-state index contributed by atoms with van der Waals surface area (Å²) in [7, 11) is 0. The Hall–Kier alpha value is -2.02. The number of halogens is 1. The SMILES string of the molecule is CSc1ccc2nc(-c3ccc(Cl)cc3)c(CN3CCN(C(C)=O)CC3)n2c1. The van der Waals surface area contributed by atoms with Crippen molar-refractivity contribution in [2.24, 2.45) is 0 Å². The Labute approximate surface area is 174 Å². The van der Waals surface area contributed by atoms with Gasteiger partial charge in [-0.05, 0) is 30.5 Å². The Bertz CT molecular complexity index is 994. The minimum atomic E-state index is 0.154. The van der Waals surface area contributed by atoms with Crippen LogP contribution in [-0.4, -0.2) is 57.5 Å². The van der Waals surface area contributed by atoms with Gasteiger partial charge in [-0.1, -0.05) is 23.7 Å². The van der Waals surface area contributed by atoms with Gasteiger partial charge in [0.1, 0.15) is 5.65 Å². The molecule has 1 fully saturated rings. The molecule has 7 heteroatoms. The lowest BCUT2D eigenvalue weighted by Gasteiger charge is -2.34. The molecule has 0 saturated carbocycles. The van der Waals surface area contributed by atoms with Crippen LogP contribution in [0.25, 0.3) is 16.9 Å². The number of fused-ring (bicyclic) bond motifs is 1. The van der Waals surface area contributed by atoms with Gasteiger partial charge in [-0.25, -0.2) is 4.98 Å². The van der Waals surface area contributed by atoms with Gasteiger partial charge in [0.2, 0.25) is 5.91 Å². The molecule has 4 rings (SSSR count). The van der Waals surface area contributed by atoms with Crippen LogP contribution in [0.4, 0.5) is 0 Å². The highest BCUT2D eigenvalue weighted by molar-refractivity contribution is 7.98. The topological polar surface area (TPSA) is 40.9 Å². The lowest BCUT2D eigenvalue weighted by molar-refractivity contribution is -0.130. The first-order valence-corrected chi connectivity index (χ1v) is 10.9. The average Bonchev–Trinajstić information content (AvgIpc) is 3.06. The summed E-state index contributed by atoms with van der Waals surface area (Å²) in [6.07, 6.45) is 4.24. The predicted molar refractivity (Wildman–Crippen MR) is 115 cm³/mol. The first-order chi connectivity index (χ1) is 13.5. The smallest absolute Gasteiger partial charge is 0.219 e. The largest absolute Gasteiger partial charge is 0.340 e. The van der Waals surface area contributed by atoms with E-state index in [0.29, 0.717) is 0 Å². The van der Waals surface area contributed by atoms with E-state index in [1.807, 2.05) is 29.2 Å². The Morgan fingerprint density at radius 2 is 1.82 bits per heavy atom. The zero-order valence-electron chi connectivity index (χ0n) is 16.1. The number of carbonyl (C=O) groups excluding carboxylic acids is 1. The maximum atomic E-state index is 11.6. The molecule has 0 unspecified atom stereocenters. The van der Waals surface area contributed by atoms with Crippen molar-refractivity contribution in [1.29, 1.82) is 0 Å². The summed E-state index contributed by atoms with van der Waals surface area (Å²) in [5.41, 5.74) is 4.17. The molecular formula is C21H23ClN4OS. The Morgan fingerprint density at radius 1 is 1.11 bits per heavy atom. The fourth-order valence-corrected chi connectivity index (χ4v) is 4.16. The molecule has 0 radical (unpaired) electrons. The highest BCUT2D eigenvalue weighted by Gasteiger charge is 2.22. The zero-order valence-corrected chi connectivity index (χ0v) is 17.6. The number of rotatable bonds is 4. The molecule has 0 aliphatic carbocycles. The zero-order chi connectivity index (χ0) is 19.7. The fraction of sp³-hybridized carbons (Fsp3) is 0.333. The molecule has 3 aromatic rings. The van der Waals surface area contributed by atoms with Crippen LogP contribution in [0, 0.1) is 0 Å². The standard InChI is InChI=1S/C21H23ClN4OS/c1-15(27)25-11-9-24(10-12-25)14-19-21(16-3-5-17(22)6-4-16)23-20-8-7-18(28-2)13-26(19)20/h3-8,13H,9-12,14H2,1-2H3. The van der Waals surface area contributed by atoms with E-state index in [-0.39, 0.29) is 5.91 Å². The quantitative estimate of drug-likeness (QED) is 0.604. The lowest BCUT2D eigenvalue weighted by Crippen LogP contribution is -2.47. The second kappa shape index (κ2) is 8.15. The number of piperazine rings is 1. The van der Waals surface area contributed by atoms with Crippen LogP contribution in [0.2, 0.25) is 5.02 Å². The van der Waals surface area contributed by atoms with Crippen molar-refractivity contribution in [3.05, 3.63) is 53.3 Å². The number of benzene rings is 1. The van der Waals surface area contributed by atoms with Crippen LogP contribution >= 0.6 is 23.4 Å². The van der Waals surface area contributed by atoms with Gasteiger partial charge in [0.05, 0.1) is 11.4 Å². The number of thioether (sulfide) groups is 1. The maximum absolute atomic E-state index is 11.6. The van der Waals surface area contributed by atoms with Crippen molar-refractivity contribution in [3.63, 3.8) is 0 Å². The molecule has 0 spiro atoms. The normalized spacial score (nSPS) is 15.3. The van der Waals surface area contributed by atoms with E-state index in [9.17, 15) is 4.79 Å². The van der Waals surface area contributed by atoms with Gasteiger partial charge in [-0.3, -0.25) is 9.69 Å². The van der Waals surface area contributed by atoms with Crippen molar-refractivity contribution in [1.82, 2.24) is 19.2 Å². The van der Waals surface area contributed by atoms with Crippen LogP contribution in [0.3, 0.4) is 0 Å². The van der Waals surface area contributed by atoms with Crippen molar-refractivity contribution < 1.29 is 4.79 Å². The van der Waals surface area contributed by atoms with E-state index in [1.54, 1.807) is 18.7 Å². The first-order valence-electron chi connectivity index (χ1n) is 9.34. The Morgan fingerprint density at radius 3 is 2.46 bits per heavy atom. The molecule has 5 nitrogen and oxygen atoms in total. The van der Waals surface area contributed by atoms with Crippen molar-refractivity contribution in [3.8, 4) is 11.3 Å². The van der Waals surface area contributed by atoms with Gasteiger partial charge in [0, 0.05) is 61.3 Å². The summed E-state index contributed by atoms with van der Waals surface area (Å²) >= 11 is 7.81. The molecule has 0 N–H and O–H groups in total. The predicted octanol–water partition coefficient (Wildman–Crippen LogP) is 4.04. The van der Waals surface area contributed by atoms with Crippen LogP contribution in [0.1, 0.15) is 12.6 Å². The van der Waals surface area contributed by atoms with Gasteiger partial charge in [0.15, 0.2) is 0 Å². The lowest BCUT2D eigenvalue weighted by atomic mass is 10.1. The Balaban J connectivity index is 1.71. The van der Waals surface area contributed by atoms with Gasteiger partial charge in [-0.15, -0.1) is 11.8 Å². The van der Waals surface area contributed by atoms with Gasteiger partial charge >= 0.3 is 0 Å². The molecule has 1 aliphatic heterocycles. The molecule has 28 heavy (non-hydrogen) atoms.